The number of amides is 1. The summed E-state index contributed by atoms with van der Waals surface area (Å²) < 4.78 is 10.2. The lowest BCUT2D eigenvalue weighted by molar-refractivity contribution is 0.0929. The van der Waals surface area contributed by atoms with Crippen LogP contribution in [-0.4, -0.2) is 33.2 Å². The molecule has 8 nitrogen and oxygen atoms in total. The van der Waals surface area contributed by atoms with Gasteiger partial charge in [-0.3, -0.25) is 4.79 Å². The second-order valence-corrected chi connectivity index (χ2v) is 6.31. The number of aromatic hydroxyl groups is 1. The van der Waals surface area contributed by atoms with Crippen molar-refractivity contribution in [2.75, 3.05) is 7.11 Å². The summed E-state index contributed by atoms with van der Waals surface area (Å²) in [4.78, 5) is 20.5. The van der Waals surface area contributed by atoms with Gasteiger partial charge in [0.05, 0.1) is 23.2 Å². The van der Waals surface area contributed by atoms with Crippen molar-refractivity contribution < 1.29 is 19.2 Å². The maximum atomic E-state index is 12.4. The van der Waals surface area contributed by atoms with Gasteiger partial charge >= 0.3 is 0 Å². The average Bonchev–Trinajstić information content (AvgIpc) is 3.14. The Morgan fingerprint density at radius 1 is 1.30 bits per heavy atom. The van der Waals surface area contributed by atoms with Crippen LogP contribution in [0.3, 0.4) is 0 Å². The molecule has 0 fully saturated rings. The summed E-state index contributed by atoms with van der Waals surface area (Å²) in [6.07, 6.45) is 1.36. The molecular formula is C17H14Cl2N4O4. The Kier molecular flexibility index (Phi) is 5.48. The molecule has 2 heterocycles. The van der Waals surface area contributed by atoms with Gasteiger partial charge in [0.25, 0.3) is 11.8 Å². The number of rotatable bonds is 5. The van der Waals surface area contributed by atoms with E-state index in [0.29, 0.717) is 15.6 Å². The van der Waals surface area contributed by atoms with Gasteiger partial charge in [-0.15, -0.1) is 0 Å². The Morgan fingerprint density at radius 3 is 2.78 bits per heavy atom. The predicted molar refractivity (Wildman–Crippen MR) is 98.1 cm³/mol. The highest BCUT2D eigenvalue weighted by molar-refractivity contribution is 6.42. The second-order valence-electron chi connectivity index (χ2n) is 5.49. The number of ether oxygens (including phenoxy) is 1. The van der Waals surface area contributed by atoms with E-state index in [4.69, 9.17) is 32.5 Å². The fourth-order valence-corrected chi connectivity index (χ4v) is 2.55. The van der Waals surface area contributed by atoms with Crippen LogP contribution in [0.15, 0.2) is 35.0 Å². The number of hydrogen-bond acceptors (Lipinski definition) is 7. The van der Waals surface area contributed by atoms with Gasteiger partial charge in [0, 0.05) is 17.8 Å². The molecular weight excluding hydrogens is 395 g/mol. The summed E-state index contributed by atoms with van der Waals surface area (Å²) in [7, 11) is 1.38. The van der Waals surface area contributed by atoms with Crippen LogP contribution in [0.4, 0.5) is 0 Å². The van der Waals surface area contributed by atoms with Gasteiger partial charge in [0.2, 0.25) is 0 Å². The SMILES string of the molecule is COc1ccnc(C(=O)N[C@@H](C)c2noc(-c3ccc(Cl)c(Cl)c3)n2)c1O. The molecule has 2 aromatic heterocycles. The van der Waals surface area contributed by atoms with Crippen LogP contribution < -0.4 is 10.1 Å². The maximum Gasteiger partial charge on any atom is 0.274 e. The standard InChI is InChI=1S/C17H14Cl2N4O4/c1-8(21-16(25)13-14(24)12(26-2)5-6-20-13)15-22-17(27-23-15)9-3-4-10(18)11(19)7-9/h3-8,24H,1-2H3,(H,21,25)/t8-/m0/s1. The van der Waals surface area contributed by atoms with Crippen molar-refractivity contribution in [3.05, 3.63) is 52.0 Å². The van der Waals surface area contributed by atoms with Crippen LogP contribution in [0, 0.1) is 0 Å². The van der Waals surface area contributed by atoms with Crippen molar-refractivity contribution in [2.24, 2.45) is 0 Å². The molecule has 1 aromatic carbocycles. The lowest BCUT2D eigenvalue weighted by atomic mass is 10.2. The van der Waals surface area contributed by atoms with Gasteiger partial charge in [-0.2, -0.15) is 4.98 Å². The fourth-order valence-electron chi connectivity index (χ4n) is 2.25. The summed E-state index contributed by atoms with van der Waals surface area (Å²) in [6.45, 7) is 1.67. The van der Waals surface area contributed by atoms with E-state index < -0.39 is 11.9 Å². The highest BCUT2D eigenvalue weighted by Gasteiger charge is 2.22. The van der Waals surface area contributed by atoms with Gasteiger partial charge in [0.1, 0.15) is 0 Å². The van der Waals surface area contributed by atoms with Crippen molar-refractivity contribution in [1.29, 1.82) is 0 Å². The molecule has 0 saturated heterocycles. The monoisotopic (exact) mass is 408 g/mol. The molecule has 1 amide bonds. The number of aromatic nitrogens is 3. The zero-order chi connectivity index (χ0) is 19.6. The molecule has 0 bridgehead atoms. The summed E-state index contributed by atoms with van der Waals surface area (Å²) >= 11 is 11.9. The van der Waals surface area contributed by atoms with E-state index in [-0.39, 0.29) is 28.9 Å². The van der Waals surface area contributed by atoms with E-state index in [1.807, 2.05) is 0 Å². The number of carbonyl (C=O) groups excluding carboxylic acids is 1. The molecule has 140 valence electrons. The zero-order valence-electron chi connectivity index (χ0n) is 14.2. The quantitative estimate of drug-likeness (QED) is 0.662. The van der Waals surface area contributed by atoms with E-state index in [1.54, 1.807) is 25.1 Å². The molecule has 0 saturated carbocycles. The third-order valence-electron chi connectivity index (χ3n) is 3.67. The lowest BCUT2D eigenvalue weighted by Gasteiger charge is -2.11. The van der Waals surface area contributed by atoms with Crippen LogP contribution in [0.5, 0.6) is 11.5 Å². The normalized spacial score (nSPS) is 11.9. The first-order chi connectivity index (χ1) is 12.9. The minimum absolute atomic E-state index is 0.143. The molecule has 3 aromatic rings. The van der Waals surface area contributed by atoms with Crippen molar-refractivity contribution in [2.45, 2.75) is 13.0 Å². The average molecular weight is 409 g/mol. The Bertz CT molecular complexity index is 993. The van der Waals surface area contributed by atoms with Crippen molar-refractivity contribution in [1.82, 2.24) is 20.4 Å². The summed E-state index contributed by atoms with van der Waals surface area (Å²) in [6, 6.07) is 5.74. The number of carbonyl (C=O) groups is 1. The largest absolute Gasteiger partial charge is 0.503 e. The molecule has 0 aliphatic heterocycles. The fraction of sp³-hybridized carbons (Fsp3) is 0.176. The van der Waals surface area contributed by atoms with Crippen LogP contribution in [0.1, 0.15) is 29.3 Å². The number of nitrogens with one attached hydrogen (secondary N) is 1. The van der Waals surface area contributed by atoms with Gasteiger partial charge < -0.3 is 19.7 Å². The molecule has 3 rings (SSSR count). The summed E-state index contributed by atoms with van der Waals surface area (Å²) in [5.74, 6) is -0.350. The van der Waals surface area contributed by atoms with E-state index in [9.17, 15) is 9.90 Å². The Labute approximate surface area is 164 Å². The van der Waals surface area contributed by atoms with E-state index >= 15 is 0 Å². The Balaban J connectivity index is 1.77. The van der Waals surface area contributed by atoms with Crippen LogP contribution in [0.2, 0.25) is 10.0 Å². The molecule has 0 unspecified atom stereocenters. The number of halogens is 2. The van der Waals surface area contributed by atoms with Gasteiger partial charge in [0.15, 0.2) is 23.0 Å². The minimum atomic E-state index is -0.611. The lowest BCUT2D eigenvalue weighted by Crippen LogP contribution is -2.28. The van der Waals surface area contributed by atoms with E-state index in [1.165, 1.54) is 19.4 Å². The summed E-state index contributed by atoms with van der Waals surface area (Å²) in [5.41, 5.74) is 0.420. The molecule has 0 radical (unpaired) electrons. The molecule has 27 heavy (non-hydrogen) atoms. The first-order valence-corrected chi connectivity index (χ1v) is 8.48. The molecule has 10 heteroatoms. The van der Waals surface area contributed by atoms with E-state index in [0.717, 1.165) is 0 Å². The van der Waals surface area contributed by atoms with Crippen molar-refractivity contribution in [3.8, 4) is 23.0 Å². The topological polar surface area (TPSA) is 110 Å². The Morgan fingerprint density at radius 2 is 2.07 bits per heavy atom. The number of nitrogens with zero attached hydrogens (tertiary/aromatic N) is 3. The number of pyridine rings is 1. The van der Waals surface area contributed by atoms with E-state index in [2.05, 4.69) is 20.4 Å². The van der Waals surface area contributed by atoms with Crippen LogP contribution in [-0.2, 0) is 0 Å². The summed E-state index contributed by atoms with van der Waals surface area (Å²) in [5, 5.41) is 17.3. The number of benzene rings is 1. The molecule has 0 spiro atoms. The van der Waals surface area contributed by atoms with Gasteiger partial charge in [-0.1, -0.05) is 28.4 Å². The molecule has 0 aliphatic carbocycles. The smallest absolute Gasteiger partial charge is 0.274 e. The minimum Gasteiger partial charge on any atom is -0.503 e. The molecule has 0 aliphatic rings. The third kappa shape index (κ3) is 3.96. The second kappa shape index (κ2) is 7.81. The first-order valence-electron chi connectivity index (χ1n) is 7.72. The first kappa shape index (κ1) is 18.9. The van der Waals surface area contributed by atoms with Gasteiger partial charge in [-0.05, 0) is 25.1 Å². The number of hydrogen-bond donors (Lipinski definition) is 2. The van der Waals surface area contributed by atoms with Crippen LogP contribution in [0.25, 0.3) is 11.5 Å². The van der Waals surface area contributed by atoms with Gasteiger partial charge in [-0.25, -0.2) is 4.98 Å². The molecule has 1 atom stereocenters. The maximum absolute atomic E-state index is 12.4. The van der Waals surface area contributed by atoms with Crippen LogP contribution >= 0.6 is 23.2 Å². The number of methoxy groups -OCH3 is 1. The molecule has 2 N–H and O–H groups in total. The van der Waals surface area contributed by atoms with Crippen molar-refractivity contribution >= 4 is 29.1 Å². The highest BCUT2D eigenvalue weighted by atomic mass is 35.5. The third-order valence-corrected chi connectivity index (χ3v) is 4.40. The predicted octanol–water partition coefficient (Wildman–Crippen LogP) is 3.64. The highest BCUT2D eigenvalue weighted by Crippen LogP contribution is 2.29. The zero-order valence-corrected chi connectivity index (χ0v) is 15.7. The van der Waals surface area contributed by atoms with Crippen molar-refractivity contribution in [3.63, 3.8) is 0 Å². The Hall–Kier alpha value is -2.84.